The lowest BCUT2D eigenvalue weighted by Gasteiger charge is -2.11. The van der Waals surface area contributed by atoms with Gasteiger partial charge in [-0.15, -0.1) is 0 Å². The van der Waals surface area contributed by atoms with E-state index in [0.717, 1.165) is 11.5 Å². The van der Waals surface area contributed by atoms with E-state index in [1.54, 1.807) is 6.20 Å². The van der Waals surface area contributed by atoms with E-state index in [0.29, 0.717) is 10.6 Å². The van der Waals surface area contributed by atoms with Crippen molar-refractivity contribution in [3.05, 3.63) is 40.8 Å². The Morgan fingerprint density at radius 2 is 2.06 bits per heavy atom. The molecule has 0 amide bonds. The Labute approximate surface area is 111 Å². The lowest BCUT2D eigenvalue weighted by atomic mass is 10.0. The zero-order valence-electron chi connectivity index (χ0n) is 10.1. The fraction of sp³-hybridized carbons (Fsp3) is 0.357. The van der Waals surface area contributed by atoms with Crippen molar-refractivity contribution in [1.82, 2.24) is 15.0 Å². The van der Waals surface area contributed by atoms with Crippen LogP contribution in [0.1, 0.15) is 37.3 Å². The number of nitrogens with one attached hydrogen (secondary N) is 1. The van der Waals surface area contributed by atoms with E-state index in [1.807, 2.05) is 24.3 Å². The lowest BCUT2D eigenvalue weighted by molar-refractivity contribution is 0.694. The summed E-state index contributed by atoms with van der Waals surface area (Å²) < 4.78 is 0.649. The zero-order chi connectivity index (χ0) is 12.4. The van der Waals surface area contributed by atoms with Crippen LogP contribution < -0.4 is 0 Å². The van der Waals surface area contributed by atoms with Gasteiger partial charge in [0.25, 0.3) is 0 Å². The predicted octanol–water partition coefficient (Wildman–Crippen LogP) is 3.86. The van der Waals surface area contributed by atoms with E-state index < -0.39 is 0 Å². The molecule has 0 bridgehead atoms. The third-order valence-corrected chi connectivity index (χ3v) is 3.68. The van der Waals surface area contributed by atoms with Gasteiger partial charge in [-0.2, -0.15) is 0 Å². The van der Waals surface area contributed by atoms with Gasteiger partial charge in [0.15, 0.2) is 5.82 Å². The lowest BCUT2D eigenvalue weighted by Crippen LogP contribution is -2.01. The number of H-pyrrole nitrogens is 1. The maximum atomic E-state index is 5.26. The van der Waals surface area contributed by atoms with Crippen LogP contribution in [-0.4, -0.2) is 15.0 Å². The Morgan fingerprint density at radius 1 is 1.22 bits per heavy atom. The van der Waals surface area contributed by atoms with E-state index >= 15 is 0 Å². The van der Waals surface area contributed by atoms with Gasteiger partial charge in [0.05, 0.1) is 0 Å². The van der Waals surface area contributed by atoms with Gasteiger partial charge in [-0.3, -0.25) is 4.98 Å². The average Bonchev–Trinajstić information content (AvgIpc) is 2.93. The summed E-state index contributed by atoms with van der Waals surface area (Å²) in [5.74, 6) is 1.39. The van der Waals surface area contributed by atoms with Gasteiger partial charge in [-0.1, -0.05) is 31.1 Å². The van der Waals surface area contributed by atoms with Crippen molar-refractivity contribution in [3.8, 4) is 11.5 Å². The molecule has 92 valence electrons. The molecule has 4 heteroatoms. The van der Waals surface area contributed by atoms with Gasteiger partial charge in [0, 0.05) is 11.9 Å². The SMILES string of the molecule is S=c1cc(C2CCCC2)[nH]c(-c2ccccn2)n1. The van der Waals surface area contributed by atoms with Crippen molar-refractivity contribution in [1.29, 1.82) is 0 Å². The van der Waals surface area contributed by atoms with Gasteiger partial charge < -0.3 is 4.98 Å². The molecule has 2 aromatic rings. The number of nitrogens with zero attached hydrogens (tertiary/aromatic N) is 2. The number of hydrogen-bond acceptors (Lipinski definition) is 3. The van der Waals surface area contributed by atoms with Crippen molar-refractivity contribution >= 4 is 12.2 Å². The van der Waals surface area contributed by atoms with E-state index in [-0.39, 0.29) is 0 Å². The van der Waals surface area contributed by atoms with E-state index in [9.17, 15) is 0 Å². The first-order valence-electron chi connectivity index (χ1n) is 6.35. The van der Waals surface area contributed by atoms with Crippen LogP contribution in [-0.2, 0) is 0 Å². The molecule has 18 heavy (non-hydrogen) atoms. The molecule has 1 saturated carbocycles. The summed E-state index contributed by atoms with van der Waals surface area (Å²) in [7, 11) is 0. The first-order chi connectivity index (χ1) is 8.83. The van der Waals surface area contributed by atoms with Crippen LogP contribution in [0.25, 0.3) is 11.5 Å². The van der Waals surface area contributed by atoms with Crippen LogP contribution in [0, 0.1) is 4.64 Å². The summed E-state index contributed by atoms with van der Waals surface area (Å²) in [4.78, 5) is 12.1. The first kappa shape index (κ1) is 11.5. The van der Waals surface area contributed by atoms with Crippen molar-refractivity contribution in [2.24, 2.45) is 0 Å². The minimum atomic E-state index is 0.608. The molecule has 1 fully saturated rings. The Bertz CT molecular complexity index is 585. The Hall–Kier alpha value is -1.55. The van der Waals surface area contributed by atoms with E-state index in [1.165, 1.54) is 31.4 Å². The highest BCUT2D eigenvalue weighted by Gasteiger charge is 2.18. The predicted molar refractivity (Wildman–Crippen MR) is 73.9 cm³/mol. The Morgan fingerprint density at radius 3 is 2.78 bits per heavy atom. The molecule has 0 radical (unpaired) electrons. The molecule has 2 aromatic heterocycles. The standard InChI is InChI=1S/C14H15N3S/c18-13-9-12(10-5-1-2-6-10)16-14(17-13)11-7-3-4-8-15-11/h3-4,7-10H,1-2,5-6H2,(H,16,17,18). The fourth-order valence-corrected chi connectivity index (χ4v) is 2.78. The normalized spacial score (nSPS) is 16.0. The highest BCUT2D eigenvalue weighted by Crippen LogP contribution is 2.33. The van der Waals surface area contributed by atoms with E-state index in [2.05, 4.69) is 15.0 Å². The van der Waals surface area contributed by atoms with Gasteiger partial charge in [-0.05, 0) is 37.0 Å². The summed E-state index contributed by atoms with van der Waals surface area (Å²) in [6.45, 7) is 0. The molecule has 0 spiro atoms. The van der Waals surface area contributed by atoms with Gasteiger partial charge >= 0.3 is 0 Å². The first-order valence-corrected chi connectivity index (χ1v) is 6.76. The second-order valence-corrected chi connectivity index (χ2v) is 5.14. The summed E-state index contributed by atoms with van der Waals surface area (Å²) in [6.07, 6.45) is 6.89. The molecule has 3 rings (SSSR count). The Balaban J connectivity index is 2.03. The summed E-state index contributed by atoms with van der Waals surface area (Å²) >= 11 is 5.26. The number of pyridine rings is 1. The smallest absolute Gasteiger partial charge is 0.157 e. The maximum absolute atomic E-state index is 5.26. The van der Waals surface area contributed by atoms with Crippen LogP contribution in [0.3, 0.4) is 0 Å². The molecular formula is C14H15N3S. The molecular weight excluding hydrogens is 242 g/mol. The second kappa shape index (κ2) is 4.98. The minimum Gasteiger partial charge on any atom is -0.342 e. The molecule has 2 heterocycles. The highest BCUT2D eigenvalue weighted by atomic mass is 32.1. The third kappa shape index (κ3) is 2.34. The molecule has 0 aromatic carbocycles. The second-order valence-electron chi connectivity index (χ2n) is 4.72. The largest absolute Gasteiger partial charge is 0.342 e. The molecule has 3 nitrogen and oxygen atoms in total. The molecule has 1 N–H and O–H groups in total. The number of rotatable bonds is 2. The number of hydrogen-bond donors (Lipinski definition) is 1. The van der Waals surface area contributed by atoms with Crippen LogP contribution >= 0.6 is 12.2 Å². The minimum absolute atomic E-state index is 0.608. The maximum Gasteiger partial charge on any atom is 0.157 e. The Kier molecular flexibility index (Phi) is 3.19. The molecule has 0 unspecified atom stereocenters. The average molecular weight is 257 g/mol. The molecule has 1 aliphatic carbocycles. The molecule has 0 atom stereocenters. The number of aromatic nitrogens is 3. The monoisotopic (exact) mass is 257 g/mol. The van der Waals surface area contributed by atoms with Gasteiger partial charge in [0.1, 0.15) is 10.3 Å². The summed E-state index contributed by atoms with van der Waals surface area (Å²) in [5, 5.41) is 0. The van der Waals surface area contributed by atoms with Crippen molar-refractivity contribution in [3.63, 3.8) is 0 Å². The van der Waals surface area contributed by atoms with Gasteiger partial charge in [-0.25, -0.2) is 4.98 Å². The van der Waals surface area contributed by atoms with Crippen molar-refractivity contribution in [2.75, 3.05) is 0 Å². The molecule has 0 aliphatic heterocycles. The van der Waals surface area contributed by atoms with Crippen LogP contribution in [0.4, 0.5) is 0 Å². The number of aromatic amines is 1. The van der Waals surface area contributed by atoms with Crippen molar-refractivity contribution in [2.45, 2.75) is 31.6 Å². The van der Waals surface area contributed by atoms with Crippen LogP contribution in [0.15, 0.2) is 30.5 Å². The topological polar surface area (TPSA) is 41.6 Å². The molecule has 0 saturated heterocycles. The zero-order valence-corrected chi connectivity index (χ0v) is 10.9. The van der Waals surface area contributed by atoms with Crippen LogP contribution in [0.2, 0.25) is 0 Å². The summed E-state index contributed by atoms with van der Waals surface area (Å²) in [5.41, 5.74) is 2.07. The fourth-order valence-electron chi connectivity index (χ4n) is 2.56. The molecule has 1 aliphatic rings. The highest BCUT2D eigenvalue weighted by molar-refractivity contribution is 7.71. The quantitative estimate of drug-likeness (QED) is 0.831. The van der Waals surface area contributed by atoms with Gasteiger partial charge in [0.2, 0.25) is 0 Å². The van der Waals surface area contributed by atoms with Crippen molar-refractivity contribution < 1.29 is 0 Å². The third-order valence-electron chi connectivity index (χ3n) is 3.47. The van der Waals surface area contributed by atoms with E-state index in [4.69, 9.17) is 12.2 Å². The summed E-state index contributed by atoms with van der Waals surface area (Å²) in [6, 6.07) is 7.81. The van der Waals surface area contributed by atoms with Crippen LogP contribution in [0.5, 0.6) is 0 Å².